The second-order valence-electron chi connectivity index (χ2n) is 9.11. The number of nitrogens with zero attached hydrogens (tertiary/aromatic N) is 2. The molecular weight excluding hydrogens is 456 g/mol. The van der Waals surface area contributed by atoms with Crippen molar-refractivity contribution in [3.63, 3.8) is 0 Å². The number of carbonyl (C=O) groups excluding carboxylic acids is 3. The smallest absolute Gasteiger partial charge is 0.240 e. The summed E-state index contributed by atoms with van der Waals surface area (Å²) in [7, 11) is 3.12. The molecule has 2 fully saturated rings. The largest absolute Gasteiger partial charge is 0.497 e. The van der Waals surface area contributed by atoms with Gasteiger partial charge in [-0.2, -0.15) is 0 Å². The number of ether oxygens (including phenoxy) is 2. The maximum absolute atomic E-state index is 14.0. The van der Waals surface area contributed by atoms with Crippen LogP contribution in [0.5, 0.6) is 11.5 Å². The highest BCUT2D eigenvalue weighted by Crippen LogP contribution is 2.49. The van der Waals surface area contributed by atoms with Crippen LogP contribution in [0, 0.1) is 11.8 Å². The number of amides is 2. The van der Waals surface area contributed by atoms with E-state index < -0.39 is 23.9 Å². The molecule has 180 valence electrons. The van der Waals surface area contributed by atoms with Crippen LogP contribution < -0.4 is 19.3 Å². The Morgan fingerprint density at radius 1 is 0.778 bits per heavy atom. The van der Waals surface area contributed by atoms with Crippen LogP contribution >= 0.6 is 0 Å². The SMILES string of the molecule is COc1ccc(C(=O)[C@H]2[C@H]3C(=O)N(c4ccc(OC)cc4)C(=O)[C@H]3[C@@H]3C=Cc4ccccc4N32)cc1. The van der Waals surface area contributed by atoms with E-state index in [1.54, 1.807) is 62.8 Å². The fourth-order valence-electron chi connectivity index (χ4n) is 5.73. The quantitative estimate of drug-likeness (QED) is 0.406. The number of fused-ring (bicyclic) bond motifs is 5. The van der Waals surface area contributed by atoms with Crippen LogP contribution in [0.1, 0.15) is 15.9 Å². The van der Waals surface area contributed by atoms with E-state index in [2.05, 4.69) is 0 Å². The maximum atomic E-state index is 14.0. The lowest BCUT2D eigenvalue weighted by atomic mass is 9.86. The molecule has 3 heterocycles. The van der Waals surface area contributed by atoms with Crippen LogP contribution in [0.2, 0.25) is 0 Å². The number of benzene rings is 3. The molecule has 0 unspecified atom stereocenters. The van der Waals surface area contributed by atoms with Crippen molar-refractivity contribution in [2.45, 2.75) is 12.1 Å². The summed E-state index contributed by atoms with van der Waals surface area (Å²) in [4.78, 5) is 44.9. The molecular formula is C29H24N2O5. The molecule has 7 nitrogen and oxygen atoms in total. The molecule has 0 bridgehead atoms. The van der Waals surface area contributed by atoms with Gasteiger partial charge in [-0.1, -0.05) is 30.4 Å². The van der Waals surface area contributed by atoms with Gasteiger partial charge in [-0.3, -0.25) is 14.4 Å². The van der Waals surface area contributed by atoms with Crippen LogP contribution in [0.4, 0.5) is 11.4 Å². The van der Waals surface area contributed by atoms with Crippen LogP contribution in [0.3, 0.4) is 0 Å². The van der Waals surface area contributed by atoms with Crippen molar-refractivity contribution in [1.82, 2.24) is 0 Å². The van der Waals surface area contributed by atoms with Gasteiger partial charge in [0.2, 0.25) is 11.8 Å². The van der Waals surface area contributed by atoms with Crippen molar-refractivity contribution in [3.05, 3.63) is 90.0 Å². The maximum Gasteiger partial charge on any atom is 0.240 e. The normalized spacial score (nSPS) is 23.8. The van der Waals surface area contributed by atoms with E-state index in [0.717, 1.165) is 11.3 Å². The molecule has 0 aliphatic carbocycles. The zero-order valence-corrected chi connectivity index (χ0v) is 19.8. The van der Waals surface area contributed by atoms with Crippen molar-refractivity contribution in [2.75, 3.05) is 24.0 Å². The molecule has 3 aliphatic rings. The second-order valence-corrected chi connectivity index (χ2v) is 9.11. The van der Waals surface area contributed by atoms with E-state index in [9.17, 15) is 14.4 Å². The number of hydrogen-bond acceptors (Lipinski definition) is 6. The average Bonchev–Trinajstić information content (AvgIpc) is 3.41. The predicted octanol–water partition coefficient (Wildman–Crippen LogP) is 3.98. The van der Waals surface area contributed by atoms with Gasteiger partial charge in [0.15, 0.2) is 5.78 Å². The number of imide groups is 1. The Kier molecular flexibility index (Phi) is 5.14. The van der Waals surface area contributed by atoms with Crippen molar-refractivity contribution in [3.8, 4) is 11.5 Å². The number of carbonyl (C=O) groups is 3. The zero-order chi connectivity index (χ0) is 25.0. The van der Waals surface area contributed by atoms with Crippen LogP contribution in [0.25, 0.3) is 6.08 Å². The molecule has 2 saturated heterocycles. The summed E-state index contributed by atoms with van der Waals surface area (Å²) < 4.78 is 10.5. The van der Waals surface area contributed by atoms with E-state index in [0.29, 0.717) is 22.7 Å². The molecule has 3 aromatic carbocycles. The number of Topliss-reactive ketones (excluding diaryl/α,β-unsaturated/α-hetero) is 1. The minimum atomic E-state index is -0.820. The highest BCUT2D eigenvalue weighted by Gasteiger charge is 2.64. The second kappa shape index (κ2) is 8.37. The molecule has 4 atom stereocenters. The fraction of sp³-hybridized carbons (Fsp3) is 0.207. The molecule has 3 aliphatic heterocycles. The molecule has 0 aromatic heterocycles. The third-order valence-electron chi connectivity index (χ3n) is 7.39. The fourth-order valence-corrected chi connectivity index (χ4v) is 5.73. The average molecular weight is 481 g/mol. The van der Waals surface area contributed by atoms with E-state index >= 15 is 0 Å². The number of hydrogen-bond donors (Lipinski definition) is 0. The molecule has 0 spiro atoms. The zero-order valence-electron chi connectivity index (χ0n) is 19.8. The molecule has 2 amide bonds. The lowest BCUT2D eigenvalue weighted by Gasteiger charge is -2.36. The summed E-state index contributed by atoms with van der Waals surface area (Å²) in [6.07, 6.45) is 3.92. The summed E-state index contributed by atoms with van der Waals surface area (Å²) in [5.41, 5.74) is 2.74. The molecule has 36 heavy (non-hydrogen) atoms. The summed E-state index contributed by atoms with van der Waals surface area (Å²) in [5.74, 6) is -1.06. The van der Waals surface area contributed by atoms with Crippen molar-refractivity contribution in [2.24, 2.45) is 11.8 Å². The van der Waals surface area contributed by atoms with Gasteiger partial charge < -0.3 is 14.4 Å². The summed E-state index contributed by atoms with van der Waals surface area (Å²) in [6.45, 7) is 0. The van der Waals surface area contributed by atoms with Gasteiger partial charge in [-0.15, -0.1) is 0 Å². The van der Waals surface area contributed by atoms with E-state index in [1.165, 1.54) is 4.90 Å². The number of rotatable bonds is 5. The van der Waals surface area contributed by atoms with Gasteiger partial charge in [-0.05, 0) is 60.2 Å². The van der Waals surface area contributed by atoms with E-state index in [1.807, 2.05) is 41.3 Å². The van der Waals surface area contributed by atoms with Gasteiger partial charge >= 0.3 is 0 Å². The van der Waals surface area contributed by atoms with Crippen molar-refractivity contribution >= 4 is 35.0 Å². The van der Waals surface area contributed by atoms with Crippen molar-refractivity contribution in [1.29, 1.82) is 0 Å². The molecule has 0 N–H and O–H groups in total. The molecule has 3 aromatic rings. The number of para-hydroxylation sites is 1. The number of anilines is 2. The van der Waals surface area contributed by atoms with Gasteiger partial charge in [-0.25, -0.2) is 4.90 Å². The van der Waals surface area contributed by atoms with Crippen LogP contribution in [-0.4, -0.2) is 43.9 Å². The first-order chi connectivity index (χ1) is 17.5. The standard InChI is InChI=1S/C29H24N2O5/c1-35-20-12-7-18(8-13-20)27(32)26-25-24(23-16-9-17-5-3-4-6-22(17)31(23)26)28(33)30(29(25)34)19-10-14-21(36-2)15-11-19/h3-16,23-26H,1-2H3/t23-,24-,25-,26+/m0/s1. The van der Waals surface area contributed by atoms with Gasteiger partial charge in [0, 0.05) is 11.3 Å². The third-order valence-corrected chi connectivity index (χ3v) is 7.39. The molecule has 0 saturated carbocycles. The van der Waals surface area contributed by atoms with Crippen LogP contribution in [-0.2, 0) is 9.59 Å². The molecule has 7 heteroatoms. The predicted molar refractivity (Wildman–Crippen MR) is 135 cm³/mol. The topological polar surface area (TPSA) is 76.1 Å². The van der Waals surface area contributed by atoms with E-state index in [4.69, 9.17) is 9.47 Å². The van der Waals surface area contributed by atoms with E-state index in [-0.39, 0.29) is 17.6 Å². The first kappa shape index (κ1) is 22.1. The summed E-state index contributed by atoms with van der Waals surface area (Å²) in [5, 5.41) is 0. The summed E-state index contributed by atoms with van der Waals surface area (Å²) >= 11 is 0. The Morgan fingerprint density at radius 3 is 2.06 bits per heavy atom. The molecule has 6 rings (SSSR count). The number of methoxy groups -OCH3 is 2. The third kappa shape index (κ3) is 3.16. The first-order valence-electron chi connectivity index (χ1n) is 11.8. The monoisotopic (exact) mass is 480 g/mol. The minimum Gasteiger partial charge on any atom is -0.497 e. The van der Waals surface area contributed by atoms with Gasteiger partial charge in [0.1, 0.15) is 17.5 Å². The Morgan fingerprint density at radius 2 is 1.39 bits per heavy atom. The lowest BCUT2D eigenvalue weighted by Crippen LogP contribution is -2.48. The van der Waals surface area contributed by atoms with Gasteiger partial charge in [0.05, 0.1) is 37.8 Å². The Bertz CT molecular complexity index is 1400. The Labute approximate surface area is 208 Å². The first-order valence-corrected chi connectivity index (χ1v) is 11.8. The van der Waals surface area contributed by atoms with Crippen LogP contribution in [0.15, 0.2) is 78.9 Å². The van der Waals surface area contributed by atoms with Crippen molar-refractivity contribution < 1.29 is 23.9 Å². The highest BCUT2D eigenvalue weighted by molar-refractivity contribution is 6.25. The summed E-state index contributed by atoms with van der Waals surface area (Å²) in [6, 6.07) is 20.2. The Balaban J connectivity index is 1.46. The number of ketones is 1. The Hall–Kier alpha value is -4.39. The van der Waals surface area contributed by atoms with Gasteiger partial charge in [0.25, 0.3) is 0 Å². The minimum absolute atomic E-state index is 0.196. The molecule has 0 radical (unpaired) electrons. The lowest BCUT2D eigenvalue weighted by molar-refractivity contribution is -0.122. The highest BCUT2D eigenvalue weighted by atomic mass is 16.5.